The molecule has 0 unspecified atom stereocenters. The molecule has 108 valence electrons. The molecule has 2 N–H and O–H groups in total. The molecule has 0 radical (unpaired) electrons. The van der Waals surface area contributed by atoms with Crippen LogP contribution >= 0.6 is 28.3 Å². The average Bonchev–Trinajstić information content (AvgIpc) is 2.32. The van der Waals surface area contributed by atoms with Gasteiger partial charge in [0.15, 0.2) is 0 Å². The van der Waals surface area contributed by atoms with Crippen molar-refractivity contribution in [1.29, 1.82) is 0 Å². The van der Waals surface area contributed by atoms with Gasteiger partial charge >= 0.3 is 5.97 Å². The lowest BCUT2D eigenvalue weighted by Gasteiger charge is -2.16. The van der Waals surface area contributed by atoms with E-state index >= 15 is 0 Å². The van der Waals surface area contributed by atoms with E-state index in [1.807, 2.05) is 25.1 Å². The Morgan fingerprint density at radius 1 is 1.37 bits per heavy atom. The molecule has 0 fully saturated rings. The van der Waals surface area contributed by atoms with Crippen molar-refractivity contribution in [3.63, 3.8) is 0 Å². The van der Waals surface area contributed by atoms with Gasteiger partial charge in [0.1, 0.15) is 5.75 Å². The van der Waals surface area contributed by atoms with E-state index in [4.69, 9.17) is 15.2 Å². The Kier molecular flexibility index (Phi) is 8.80. The molecule has 1 atom stereocenters. The molecule has 0 amide bonds. The van der Waals surface area contributed by atoms with E-state index in [1.54, 1.807) is 6.92 Å². The van der Waals surface area contributed by atoms with Gasteiger partial charge in [0.05, 0.1) is 19.6 Å². The van der Waals surface area contributed by atoms with Crippen LogP contribution in [0.5, 0.6) is 5.75 Å². The number of hydrogen-bond acceptors (Lipinski definition) is 4. The molecule has 0 aliphatic rings. The van der Waals surface area contributed by atoms with Gasteiger partial charge in [-0.05, 0) is 32.0 Å². The average molecular weight is 353 g/mol. The summed E-state index contributed by atoms with van der Waals surface area (Å²) in [5, 5.41) is 0. The van der Waals surface area contributed by atoms with Crippen LogP contribution in [-0.2, 0) is 9.53 Å². The quantitative estimate of drug-likeness (QED) is 0.799. The van der Waals surface area contributed by atoms with Gasteiger partial charge in [0, 0.05) is 16.1 Å². The van der Waals surface area contributed by atoms with E-state index in [0.29, 0.717) is 19.0 Å². The zero-order valence-electron chi connectivity index (χ0n) is 11.0. The Morgan fingerprint density at radius 3 is 2.63 bits per heavy atom. The zero-order chi connectivity index (χ0) is 13.5. The van der Waals surface area contributed by atoms with E-state index < -0.39 is 6.04 Å². The minimum Gasteiger partial charge on any atom is -0.494 e. The predicted octanol–water partition coefficient (Wildman–Crippen LogP) is 3.22. The fourth-order valence-electron chi connectivity index (χ4n) is 1.61. The minimum absolute atomic E-state index is 0. The first-order valence-corrected chi connectivity index (χ1v) is 6.71. The number of nitrogens with two attached hydrogens (primary N) is 1. The zero-order valence-corrected chi connectivity index (χ0v) is 13.4. The van der Waals surface area contributed by atoms with Crippen molar-refractivity contribution in [2.75, 3.05) is 13.2 Å². The molecule has 1 rings (SSSR count). The van der Waals surface area contributed by atoms with E-state index in [2.05, 4.69) is 15.9 Å². The van der Waals surface area contributed by atoms with Crippen molar-refractivity contribution >= 4 is 34.3 Å². The van der Waals surface area contributed by atoms with Gasteiger partial charge in [0.25, 0.3) is 0 Å². The first-order chi connectivity index (χ1) is 8.58. The van der Waals surface area contributed by atoms with Gasteiger partial charge < -0.3 is 15.2 Å². The van der Waals surface area contributed by atoms with E-state index in [0.717, 1.165) is 10.0 Å². The number of benzene rings is 1. The van der Waals surface area contributed by atoms with Crippen molar-refractivity contribution in [1.82, 2.24) is 0 Å². The Labute approximate surface area is 128 Å². The van der Waals surface area contributed by atoms with Crippen molar-refractivity contribution in [3.8, 4) is 5.75 Å². The summed E-state index contributed by atoms with van der Waals surface area (Å²) in [5.41, 5.74) is 6.83. The second kappa shape index (κ2) is 9.18. The van der Waals surface area contributed by atoms with Crippen LogP contribution in [-0.4, -0.2) is 19.2 Å². The van der Waals surface area contributed by atoms with Crippen molar-refractivity contribution in [3.05, 3.63) is 28.2 Å². The first kappa shape index (κ1) is 18.2. The monoisotopic (exact) mass is 351 g/mol. The van der Waals surface area contributed by atoms with Crippen molar-refractivity contribution in [2.45, 2.75) is 26.3 Å². The first-order valence-electron chi connectivity index (χ1n) is 5.91. The number of halogens is 2. The van der Waals surface area contributed by atoms with Crippen LogP contribution in [0.25, 0.3) is 0 Å². The SMILES string of the molecule is CCOC(=O)C[C@H](N)c1cc(Br)ccc1OCC.Cl. The summed E-state index contributed by atoms with van der Waals surface area (Å²) in [6, 6.07) is 5.16. The van der Waals surface area contributed by atoms with Crippen LogP contribution in [0.1, 0.15) is 31.9 Å². The summed E-state index contributed by atoms with van der Waals surface area (Å²) in [4.78, 5) is 11.4. The molecule has 4 nitrogen and oxygen atoms in total. The molecule has 0 saturated heterocycles. The van der Waals surface area contributed by atoms with Gasteiger partial charge in [-0.25, -0.2) is 0 Å². The van der Waals surface area contributed by atoms with Gasteiger partial charge in [0.2, 0.25) is 0 Å². The maximum atomic E-state index is 11.4. The highest BCUT2D eigenvalue weighted by Gasteiger charge is 2.17. The van der Waals surface area contributed by atoms with Crippen LogP contribution in [0, 0.1) is 0 Å². The Morgan fingerprint density at radius 2 is 2.05 bits per heavy atom. The molecular formula is C13H19BrClNO3. The van der Waals surface area contributed by atoms with Crippen LogP contribution < -0.4 is 10.5 Å². The Bertz CT molecular complexity index is 415. The fraction of sp³-hybridized carbons (Fsp3) is 0.462. The Balaban J connectivity index is 0.00000324. The lowest BCUT2D eigenvalue weighted by molar-refractivity contribution is -0.143. The Hall–Kier alpha value is -0.780. The number of rotatable bonds is 6. The maximum absolute atomic E-state index is 11.4. The fourth-order valence-corrected chi connectivity index (χ4v) is 1.98. The van der Waals surface area contributed by atoms with Gasteiger partial charge in [-0.3, -0.25) is 4.79 Å². The third-order valence-corrected chi connectivity index (χ3v) is 2.86. The van der Waals surface area contributed by atoms with Crippen LogP contribution in [0.4, 0.5) is 0 Å². The molecule has 0 aliphatic heterocycles. The second-order valence-corrected chi connectivity index (χ2v) is 4.65. The van der Waals surface area contributed by atoms with Crippen molar-refractivity contribution in [2.24, 2.45) is 5.73 Å². The maximum Gasteiger partial charge on any atom is 0.307 e. The number of ether oxygens (including phenoxy) is 2. The third kappa shape index (κ3) is 5.80. The van der Waals surface area contributed by atoms with E-state index in [1.165, 1.54) is 0 Å². The molecule has 1 aromatic carbocycles. The molecular weight excluding hydrogens is 334 g/mol. The summed E-state index contributed by atoms with van der Waals surface area (Å²) in [5.74, 6) is 0.407. The summed E-state index contributed by atoms with van der Waals surface area (Å²) >= 11 is 3.39. The molecule has 0 heterocycles. The molecule has 0 aliphatic carbocycles. The summed E-state index contributed by atoms with van der Waals surface area (Å²) < 4.78 is 11.3. The molecule has 0 saturated carbocycles. The second-order valence-electron chi connectivity index (χ2n) is 3.73. The van der Waals surface area contributed by atoms with Crippen LogP contribution in [0.2, 0.25) is 0 Å². The summed E-state index contributed by atoms with van der Waals surface area (Å²) in [6.07, 6.45) is 0.143. The minimum atomic E-state index is -0.428. The number of esters is 1. The summed E-state index contributed by atoms with van der Waals surface area (Å²) in [7, 11) is 0. The molecule has 19 heavy (non-hydrogen) atoms. The highest BCUT2D eigenvalue weighted by Crippen LogP contribution is 2.29. The largest absolute Gasteiger partial charge is 0.494 e. The van der Waals surface area contributed by atoms with Crippen LogP contribution in [0.15, 0.2) is 22.7 Å². The van der Waals surface area contributed by atoms with Gasteiger partial charge in [-0.15, -0.1) is 12.4 Å². The number of carbonyl (C=O) groups excluding carboxylic acids is 1. The lowest BCUT2D eigenvalue weighted by Crippen LogP contribution is -2.18. The smallest absolute Gasteiger partial charge is 0.307 e. The molecule has 0 aromatic heterocycles. The number of carbonyl (C=O) groups is 1. The molecule has 0 spiro atoms. The summed E-state index contributed by atoms with van der Waals surface area (Å²) in [6.45, 7) is 4.60. The topological polar surface area (TPSA) is 61.5 Å². The van der Waals surface area contributed by atoms with E-state index in [9.17, 15) is 4.79 Å². The van der Waals surface area contributed by atoms with Gasteiger partial charge in [-0.1, -0.05) is 15.9 Å². The van der Waals surface area contributed by atoms with Crippen molar-refractivity contribution < 1.29 is 14.3 Å². The lowest BCUT2D eigenvalue weighted by atomic mass is 10.0. The third-order valence-electron chi connectivity index (χ3n) is 2.36. The number of hydrogen-bond donors (Lipinski definition) is 1. The normalized spacial score (nSPS) is 11.4. The molecule has 0 bridgehead atoms. The van der Waals surface area contributed by atoms with E-state index in [-0.39, 0.29) is 24.8 Å². The van der Waals surface area contributed by atoms with Gasteiger partial charge in [-0.2, -0.15) is 0 Å². The standard InChI is InChI=1S/C13H18BrNO3.ClH/c1-3-17-12-6-5-9(14)7-10(12)11(15)8-13(16)18-4-2;/h5-7,11H,3-4,8,15H2,1-2H3;1H/t11-;/m0./s1. The molecule has 6 heteroatoms. The predicted molar refractivity (Wildman–Crippen MR) is 80.7 cm³/mol. The highest BCUT2D eigenvalue weighted by molar-refractivity contribution is 9.10. The molecule has 1 aromatic rings. The van der Waals surface area contributed by atoms with Crippen LogP contribution in [0.3, 0.4) is 0 Å². The highest BCUT2D eigenvalue weighted by atomic mass is 79.9.